The molecule has 0 aliphatic carbocycles. The van der Waals surface area contributed by atoms with Crippen LogP contribution >= 0.6 is 11.3 Å². The van der Waals surface area contributed by atoms with Crippen LogP contribution in [0.2, 0.25) is 0 Å². The third-order valence-electron chi connectivity index (χ3n) is 10.2. The second-order valence-electron chi connectivity index (χ2n) is 13.6. The molecule has 262 valence electrons. The van der Waals surface area contributed by atoms with Gasteiger partial charge in [0.15, 0.2) is 28.9 Å². The summed E-state index contributed by atoms with van der Waals surface area (Å²) in [7, 11) is 0. The third kappa shape index (κ3) is 5.44. The van der Waals surface area contributed by atoms with Crippen molar-refractivity contribution in [2.75, 3.05) is 0 Å². The fourth-order valence-electron chi connectivity index (χ4n) is 7.53. The van der Waals surface area contributed by atoms with Crippen molar-refractivity contribution in [1.82, 2.24) is 24.9 Å². The zero-order chi connectivity index (χ0) is 37.0. The zero-order valence-corrected chi connectivity index (χ0v) is 30.6. The third-order valence-corrected chi connectivity index (χ3v) is 11.4. The van der Waals surface area contributed by atoms with Gasteiger partial charge in [-0.1, -0.05) is 152 Å². The molecule has 0 unspecified atom stereocenters. The molecule has 0 radical (unpaired) electrons. The fraction of sp³-hybridized carbons (Fsp3) is 0. The van der Waals surface area contributed by atoms with Crippen LogP contribution in [0, 0.1) is 0 Å². The van der Waals surface area contributed by atoms with Crippen molar-refractivity contribution in [1.29, 1.82) is 0 Å². The Kier molecular flexibility index (Phi) is 7.57. The predicted octanol–water partition coefficient (Wildman–Crippen LogP) is 12.9. The highest BCUT2D eigenvalue weighted by Crippen LogP contribution is 2.44. The van der Waals surface area contributed by atoms with Crippen molar-refractivity contribution in [3.8, 4) is 67.9 Å². The molecule has 0 atom stereocenters. The monoisotopic (exact) mass is 735 g/mol. The molecule has 0 aliphatic rings. The predicted molar refractivity (Wildman–Crippen MR) is 228 cm³/mol. The lowest BCUT2D eigenvalue weighted by atomic mass is 9.99. The first kappa shape index (κ1) is 32.1. The average Bonchev–Trinajstić information content (AvgIpc) is 3.86. The fourth-order valence-corrected chi connectivity index (χ4v) is 8.79. The van der Waals surface area contributed by atoms with Crippen molar-refractivity contribution >= 4 is 53.6 Å². The molecule has 11 rings (SSSR count). The molecule has 0 fully saturated rings. The number of hydrogen-bond acceptors (Lipinski definition) is 7. The van der Waals surface area contributed by atoms with Crippen LogP contribution in [0.4, 0.5) is 0 Å². The molecule has 11 aromatic rings. The molecule has 56 heavy (non-hydrogen) atoms. The van der Waals surface area contributed by atoms with Gasteiger partial charge in [-0.2, -0.15) is 0 Å². The molecule has 7 heteroatoms. The Morgan fingerprint density at radius 3 is 1.70 bits per heavy atom. The quantitative estimate of drug-likeness (QED) is 0.169. The summed E-state index contributed by atoms with van der Waals surface area (Å²) in [4.78, 5) is 25.4. The largest absolute Gasteiger partial charge is 0.452 e. The lowest BCUT2D eigenvalue weighted by Gasteiger charge is -2.10. The van der Waals surface area contributed by atoms with Crippen molar-refractivity contribution < 1.29 is 4.42 Å². The van der Waals surface area contributed by atoms with E-state index in [-0.39, 0.29) is 0 Å². The first-order chi connectivity index (χ1) is 27.7. The molecule has 0 N–H and O–H groups in total. The van der Waals surface area contributed by atoms with E-state index in [1.165, 1.54) is 4.70 Å². The summed E-state index contributed by atoms with van der Waals surface area (Å²) in [5, 5.41) is 3.25. The molecule has 0 spiro atoms. The number of fused-ring (bicyclic) bond motifs is 6. The van der Waals surface area contributed by atoms with Gasteiger partial charge in [-0.05, 0) is 35.4 Å². The van der Waals surface area contributed by atoms with Gasteiger partial charge in [0.2, 0.25) is 0 Å². The van der Waals surface area contributed by atoms with Crippen molar-refractivity contribution in [3.05, 3.63) is 176 Å². The van der Waals surface area contributed by atoms with E-state index >= 15 is 0 Å². The van der Waals surface area contributed by atoms with E-state index in [9.17, 15) is 0 Å². The molecular formula is C49H29N5OS. The standard InChI is InChI=1S/C49H29N5OS/c1-4-15-30(16-5-1)42-44-43(36-23-10-11-27-39(36)55-44)51-48(50-42)34-22-12-21-33(29-34)35-24-13-25-37-41-38(26-14-28-40(41)56-45(35)37)49-53-46(31-17-6-2-7-18-31)52-47(54-49)32-19-8-3-9-20-32/h1-29H. The van der Waals surface area contributed by atoms with Crippen molar-refractivity contribution in [2.24, 2.45) is 0 Å². The highest BCUT2D eigenvalue weighted by molar-refractivity contribution is 7.26. The maximum Gasteiger partial charge on any atom is 0.180 e. The van der Waals surface area contributed by atoms with E-state index in [0.29, 0.717) is 28.9 Å². The number of thiophene rings is 1. The van der Waals surface area contributed by atoms with Crippen LogP contribution in [-0.4, -0.2) is 24.9 Å². The Hall–Kier alpha value is -7.35. The Bertz CT molecular complexity index is 3190. The summed E-state index contributed by atoms with van der Waals surface area (Å²) in [6.07, 6.45) is 0. The van der Waals surface area contributed by atoms with Crippen LogP contribution in [-0.2, 0) is 0 Å². The van der Waals surface area contributed by atoms with Gasteiger partial charge in [-0.3, -0.25) is 0 Å². The molecule has 0 aliphatic heterocycles. The Labute approximate surface area is 325 Å². The summed E-state index contributed by atoms with van der Waals surface area (Å²) in [6, 6.07) is 59.9. The van der Waals surface area contributed by atoms with E-state index in [1.54, 1.807) is 11.3 Å². The minimum Gasteiger partial charge on any atom is -0.452 e. The van der Waals surface area contributed by atoms with E-state index in [4.69, 9.17) is 29.3 Å². The van der Waals surface area contributed by atoms with Crippen LogP contribution < -0.4 is 0 Å². The SMILES string of the molecule is c1ccc(-c2nc(-c3ccccc3)nc(-c3cccc4sc5c(-c6cccc(-c7nc(-c8ccccc8)c8oc9ccccc9c8n7)c6)cccc5c34)n2)cc1. The molecule has 4 aromatic heterocycles. The number of benzene rings is 7. The van der Waals surface area contributed by atoms with Crippen LogP contribution in [0.5, 0.6) is 0 Å². The molecular weight excluding hydrogens is 707 g/mol. The number of furan rings is 1. The van der Waals surface area contributed by atoms with E-state index in [1.807, 2.05) is 97.1 Å². The molecule has 0 amide bonds. The van der Waals surface area contributed by atoms with Crippen LogP contribution in [0.15, 0.2) is 180 Å². The number of hydrogen-bond donors (Lipinski definition) is 0. The Morgan fingerprint density at radius 1 is 0.393 bits per heavy atom. The number of para-hydroxylation sites is 1. The summed E-state index contributed by atoms with van der Waals surface area (Å²) in [6.45, 7) is 0. The first-order valence-corrected chi connectivity index (χ1v) is 19.2. The van der Waals surface area contributed by atoms with Gasteiger partial charge in [-0.15, -0.1) is 11.3 Å². The average molecular weight is 736 g/mol. The Morgan fingerprint density at radius 2 is 0.946 bits per heavy atom. The number of rotatable bonds is 6. The second-order valence-corrected chi connectivity index (χ2v) is 14.7. The van der Waals surface area contributed by atoms with Crippen LogP contribution in [0.3, 0.4) is 0 Å². The van der Waals surface area contributed by atoms with Crippen molar-refractivity contribution in [3.63, 3.8) is 0 Å². The summed E-state index contributed by atoms with van der Waals surface area (Å²) < 4.78 is 8.72. The zero-order valence-electron chi connectivity index (χ0n) is 29.8. The van der Waals surface area contributed by atoms with E-state index in [0.717, 1.165) is 76.6 Å². The van der Waals surface area contributed by atoms with Gasteiger partial charge in [0.1, 0.15) is 16.8 Å². The Balaban J connectivity index is 1.07. The first-order valence-electron chi connectivity index (χ1n) is 18.4. The van der Waals surface area contributed by atoms with Crippen LogP contribution in [0.1, 0.15) is 0 Å². The smallest absolute Gasteiger partial charge is 0.180 e. The molecule has 0 saturated heterocycles. The maximum absolute atomic E-state index is 6.36. The maximum atomic E-state index is 6.36. The minimum absolute atomic E-state index is 0.641. The minimum atomic E-state index is 0.641. The van der Waals surface area contributed by atoms with Gasteiger partial charge in [0, 0.05) is 53.4 Å². The molecule has 7 aromatic carbocycles. The van der Waals surface area contributed by atoms with Crippen molar-refractivity contribution in [2.45, 2.75) is 0 Å². The lowest BCUT2D eigenvalue weighted by Crippen LogP contribution is -2.00. The van der Waals surface area contributed by atoms with Gasteiger partial charge in [0.05, 0.1) is 0 Å². The van der Waals surface area contributed by atoms with Gasteiger partial charge in [0.25, 0.3) is 0 Å². The van der Waals surface area contributed by atoms with E-state index < -0.39 is 0 Å². The number of nitrogens with zero attached hydrogens (tertiary/aromatic N) is 5. The summed E-state index contributed by atoms with van der Waals surface area (Å²) in [5.41, 5.74) is 10.0. The second kappa shape index (κ2) is 13.2. The van der Waals surface area contributed by atoms with Gasteiger partial charge >= 0.3 is 0 Å². The van der Waals surface area contributed by atoms with Gasteiger partial charge < -0.3 is 4.42 Å². The molecule has 4 heterocycles. The highest BCUT2D eigenvalue weighted by atomic mass is 32.1. The molecule has 6 nitrogen and oxygen atoms in total. The highest BCUT2D eigenvalue weighted by Gasteiger charge is 2.21. The number of aromatic nitrogens is 5. The van der Waals surface area contributed by atoms with E-state index in [2.05, 4.69) is 78.9 Å². The molecule has 0 saturated carbocycles. The van der Waals surface area contributed by atoms with Gasteiger partial charge in [-0.25, -0.2) is 24.9 Å². The van der Waals surface area contributed by atoms with Crippen LogP contribution in [0.25, 0.3) is 110 Å². The lowest BCUT2D eigenvalue weighted by molar-refractivity contribution is 0.667. The summed E-state index contributed by atoms with van der Waals surface area (Å²) >= 11 is 1.78. The normalized spacial score (nSPS) is 11.6. The topological polar surface area (TPSA) is 77.6 Å². The molecule has 0 bridgehead atoms. The summed E-state index contributed by atoms with van der Waals surface area (Å²) in [5.74, 6) is 2.57.